The van der Waals surface area contributed by atoms with Gasteiger partial charge in [-0.15, -0.1) is 0 Å². The Labute approximate surface area is 86.9 Å². The van der Waals surface area contributed by atoms with E-state index in [2.05, 4.69) is 26.8 Å². The van der Waals surface area contributed by atoms with Gasteiger partial charge in [-0.3, -0.25) is 0 Å². The molecule has 1 nitrogen and oxygen atoms in total. The topological polar surface area (TPSA) is 23.8 Å². The molecule has 76 valence electrons. The molecule has 0 radical (unpaired) electrons. The Kier molecular flexibility index (Phi) is 4.85. The lowest BCUT2D eigenvalue weighted by molar-refractivity contribution is 0.447. The van der Waals surface area contributed by atoms with Gasteiger partial charge in [-0.05, 0) is 32.4 Å². The van der Waals surface area contributed by atoms with E-state index in [-0.39, 0.29) is 5.41 Å². The predicted octanol–water partition coefficient (Wildman–Crippen LogP) is 3.85. The summed E-state index contributed by atoms with van der Waals surface area (Å²) in [5, 5.41) is 8.80. The number of hydrogen-bond acceptors (Lipinski definition) is 2. The highest BCUT2D eigenvalue weighted by Crippen LogP contribution is 2.27. The molecule has 0 unspecified atom stereocenters. The van der Waals surface area contributed by atoms with Crippen LogP contribution in [0.2, 0.25) is 0 Å². The highest BCUT2D eigenvalue weighted by molar-refractivity contribution is 8.00. The van der Waals surface area contributed by atoms with Gasteiger partial charge in [0.2, 0.25) is 0 Å². The molecule has 0 spiro atoms. The van der Waals surface area contributed by atoms with Crippen LogP contribution in [0.1, 0.15) is 47.5 Å². The van der Waals surface area contributed by atoms with Gasteiger partial charge in [0.1, 0.15) is 0 Å². The smallest absolute Gasteiger partial charge is 0.0683 e. The largest absolute Gasteiger partial charge is 0.198 e. The lowest BCUT2D eigenvalue weighted by Gasteiger charge is -2.19. The molecule has 13 heavy (non-hydrogen) atoms. The van der Waals surface area contributed by atoms with Crippen molar-refractivity contribution in [1.29, 1.82) is 5.26 Å². The number of thioether (sulfide) groups is 1. The van der Waals surface area contributed by atoms with Crippen LogP contribution in [0.3, 0.4) is 0 Å². The van der Waals surface area contributed by atoms with Crippen LogP contribution < -0.4 is 0 Å². The minimum Gasteiger partial charge on any atom is -0.198 e. The van der Waals surface area contributed by atoms with Crippen molar-refractivity contribution in [3.05, 3.63) is 0 Å². The summed E-state index contributed by atoms with van der Waals surface area (Å²) in [6.07, 6.45) is 2.15. The second kappa shape index (κ2) is 4.91. The molecule has 0 aliphatic heterocycles. The maximum absolute atomic E-state index is 8.80. The van der Waals surface area contributed by atoms with Crippen LogP contribution in [0.15, 0.2) is 0 Å². The Balaban J connectivity index is 3.54. The van der Waals surface area contributed by atoms with Crippen LogP contribution in [-0.4, -0.2) is 10.5 Å². The average Bonchev–Trinajstić information content (AvgIpc) is 1.97. The average molecular weight is 199 g/mol. The number of nitriles is 1. The number of hydrogen-bond donors (Lipinski definition) is 0. The minimum atomic E-state index is -0.140. The second-order valence-electron chi connectivity index (χ2n) is 5.06. The summed E-state index contributed by atoms with van der Waals surface area (Å²) in [5.41, 5.74) is -0.140. The van der Waals surface area contributed by atoms with E-state index in [0.29, 0.717) is 4.75 Å². The van der Waals surface area contributed by atoms with Crippen molar-refractivity contribution < 1.29 is 0 Å². The maximum Gasteiger partial charge on any atom is 0.0683 e. The fourth-order valence-electron chi connectivity index (χ4n) is 0.948. The van der Waals surface area contributed by atoms with Gasteiger partial charge in [0.15, 0.2) is 0 Å². The zero-order chi connectivity index (χ0) is 10.5. The van der Waals surface area contributed by atoms with E-state index in [1.807, 2.05) is 25.6 Å². The first kappa shape index (κ1) is 12.8. The molecule has 0 aromatic carbocycles. The lowest BCUT2D eigenvalue weighted by atomic mass is 9.90. The molecule has 0 heterocycles. The number of rotatable bonds is 4. The fourth-order valence-corrected chi connectivity index (χ4v) is 1.85. The van der Waals surface area contributed by atoms with Gasteiger partial charge in [0.05, 0.1) is 11.5 Å². The van der Waals surface area contributed by atoms with Crippen molar-refractivity contribution in [3.63, 3.8) is 0 Å². The third-order valence-corrected chi connectivity index (χ3v) is 3.14. The van der Waals surface area contributed by atoms with Crippen LogP contribution in [0, 0.1) is 16.7 Å². The third-order valence-electron chi connectivity index (χ3n) is 1.78. The highest BCUT2D eigenvalue weighted by Gasteiger charge is 2.16. The van der Waals surface area contributed by atoms with E-state index < -0.39 is 0 Å². The molecular formula is C11H21NS. The van der Waals surface area contributed by atoms with E-state index in [0.717, 1.165) is 18.6 Å². The first-order valence-corrected chi connectivity index (χ1v) is 5.81. The summed E-state index contributed by atoms with van der Waals surface area (Å²) >= 11 is 1.98. The molecule has 0 bridgehead atoms. The monoisotopic (exact) mass is 199 g/mol. The minimum absolute atomic E-state index is 0.140. The highest BCUT2D eigenvalue weighted by atomic mass is 32.2. The van der Waals surface area contributed by atoms with Crippen molar-refractivity contribution in [2.24, 2.45) is 5.41 Å². The second-order valence-corrected chi connectivity index (χ2v) is 6.98. The van der Waals surface area contributed by atoms with Gasteiger partial charge in [-0.25, -0.2) is 0 Å². The Bertz CT molecular complexity index is 183. The quantitative estimate of drug-likeness (QED) is 0.642. The van der Waals surface area contributed by atoms with Crippen LogP contribution in [-0.2, 0) is 0 Å². The molecule has 0 atom stereocenters. The molecular weight excluding hydrogens is 178 g/mol. The van der Waals surface area contributed by atoms with Crippen LogP contribution in [0.5, 0.6) is 0 Å². The zero-order valence-corrected chi connectivity index (χ0v) is 10.3. The zero-order valence-electron chi connectivity index (χ0n) is 9.48. The third kappa shape index (κ3) is 8.18. The first-order chi connectivity index (χ1) is 5.77. The molecule has 0 saturated heterocycles. The normalized spacial score (nSPS) is 12.6. The molecule has 0 saturated carbocycles. The Morgan fingerprint density at radius 3 is 2.08 bits per heavy atom. The molecule has 0 aliphatic rings. The molecule has 0 aromatic heterocycles. The van der Waals surface area contributed by atoms with E-state index in [1.54, 1.807) is 0 Å². The van der Waals surface area contributed by atoms with E-state index >= 15 is 0 Å². The standard InChI is InChI=1S/C11H21NS/c1-10(2,3)13-8-6-7-11(4,5)9-12/h6-8H2,1-5H3. The molecule has 0 N–H and O–H groups in total. The van der Waals surface area contributed by atoms with Crippen molar-refractivity contribution in [2.45, 2.75) is 52.2 Å². The van der Waals surface area contributed by atoms with Crippen molar-refractivity contribution in [3.8, 4) is 6.07 Å². The van der Waals surface area contributed by atoms with E-state index in [1.165, 1.54) is 0 Å². The summed E-state index contributed by atoms with van der Waals surface area (Å²) in [7, 11) is 0. The van der Waals surface area contributed by atoms with Gasteiger partial charge >= 0.3 is 0 Å². The van der Waals surface area contributed by atoms with Crippen molar-refractivity contribution in [1.82, 2.24) is 0 Å². The van der Waals surface area contributed by atoms with Gasteiger partial charge in [0.25, 0.3) is 0 Å². The molecule has 0 fully saturated rings. The summed E-state index contributed by atoms with van der Waals surface area (Å²) < 4.78 is 0.358. The van der Waals surface area contributed by atoms with E-state index in [9.17, 15) is 0 Å². The Morgan fingerprint density at radius 2 is 1.69 bits per heavy atom. The van der Waals surface area contributed by atoms with Crippen LogP contribution in [0.25, 0.3) is 0 Å². The van der Waals surface area contributed by atoms with Crippen LogP contribution in [0.4, 0.5) is 0 Å². The molecule has 0 aromatic rings. The number of nitrogens with zero attached hydrogens (tertiary/aromatic N) is 1. The molecule has 0 amide bonds. The summed E-state index contributed by atoms with van der Waals surface area (Å²) in [4.78, 5) is 0. The van der Waals surface area contributed by atoms with Gasteiger partial charge in [-0.2, -0.15) is 17.0 Å². The Hall–Kier alpha value is -0.160. The SMILES string of the molecule is CC(C)(C#N)CCCSC(C)(C)C. The predicted molar refractivity (Wildman–Crippen MR) is 60.8 cm³/mol. The van der Waals surface area contributed by atoms with Gasteiger partial charge in [0, 0.05) is 4.75 Å². The lowest BCUT2D eigenvalue weighted by Crippen LogP contribution is -2.11. The Morgan fingerprint density at radius 1 is 1.15 bits per heavy atom. The van der Waals surface area contributed by atoms with Crippen molar-refractivity contribution >= 4 is 11.8 Å². The van der Waals surface area contributed by atoms with E-state index in [4.69, 9.17) is 5.26 Å². The summed E-state index contributed by atoms with van der Waals surface area (Å²) in [6, 6.07) is 2.33. The summed E-state index contributed by atoms with van der Waals surface area (Å²) in [6.45, 7) is 10.7. The molecule has 0 aliphatic carbocycles. The van der Waals surface area contributed by atoms with Gasteiger partial charge in [-0.1, -0.05) is 20.8 Å². The fraction of sp³-hybridized carbons (Fsp3) is 0.909. The summed E-state index contributed by atoms with van der Waals surface area (Å²) in [5.74, 6) is 1.16. The first-order valence-electron chi connectivity index (χ1n) is 4.82. The maximum atomic E-state index is 8.80. The van der Waals surface area contributed by atoms with Crippen molar-refractivity contribution in [2.75, 3.05) is 5.75 Å². The van der Waals surface area contributed by atoms with Gasteiger partial charge < -0.3 is 0 Å². The molecule has 0 rings (SSSR count). The van der Waals surface area contributed by atoms with Crippen LogP contribution >= 0.6 is 11.8 Å². The molecule has 2 heteroatoms.